The summed E-state index contributed by atoms with van der Waals surface area (Å²) >= 11 is 8.55. The largest absolute Gasteiger partial charge is 0.411 e. The zero-order valence-corrected chi connectivity index (χ0v) is 18.0. The smallest absolute Gasteiger partial charge is 0.277 e. The molecule has 3 heterocycles. The fourth-order valence-corrected chi connectivity index (χ4v) is 4.74. The summed E-state index contributed by atoms with van der Waals surface area (Å²) in [6, 6.07) is 13.1. The predicted octanol–water partition coefficient (Wildman–Crippen LogP) is 5.79. The molecule has 0 bridgehead atoms. The zero-order chi connectivity index (χ0) is 21.4. The Bertz CT molecular complexity index is 1430. The number of rotatable bonds is 5. The number of hydrogen-bond acceptors (Lipinski definition) is 7. The summed E-state index contributed by atoms with van der Waals surface area (Å²) in [4.78, 5) is 20.7. The molecule has 31 heavy (non-hydrogen) atoms. The number of fused-ring (bicyclic) bond motifs is 1. The van der Waals surface area contributed by atoms with Crippen molar-refractivity contribution in [3.05, 3.63) is 80.9 Å². The highest BCUT2D eigenvalue weighted by atomic mass is 35.5. The van der Waals surface area contributed by atoms with Gasteiger partial charge in [0.2, 0.25) is 5.89 Å². The van der Waals surface area contributed by atoms with Crippen LogP contribution >= 0.6 is 34.7 Å². The Morgan fingerprint density at radius 2 is 1.81 bits per heavy atom. The minimum Gasteiger partial charge on any atom is -0.411 e. The second-order valence-electron chi connectivity index (χ2n) is 6.52. The molecule has 0 aliphatic heterocycles. The third-order valence-electron chi connectivity index (χ3n) is 4.48. The van der Waals surface area contributed by atoms with Crippen LogP contribution in [0.3, 0.4) is 0 Å². The van der Waals surface area contributed by atoms with Crippen molar-refractivity contribution in [1.82, 2.24) is 20.2 Å². The van der Waals surface area contributed by atoms with Gasteiger partial charge in [-0.1, -0.05) is 35.5 Å². The van der Waals surface area contributed by atoms with Gasteiger partial charge in [-0.15, -0.1) is 21.5 Å². The van der Waals surface area contributed by atoms with Gasteiger partial charge < -0.3 is 9.40 Å². The fraction of sp³-hybridized carbons (Fsp3) is 0.0476. The molecule has 3 aromatic heterocycles. The van der Waals surface area contributed by atoms with Crippen LogP contribution in [0.25, 0.3) is 32.8 Å². The molecule has 6 nitrogen and oxygen atoms in total. The molecule has 0 radical (unpaired) electrons. The number of nitrogens with one attached hydrogen (secondary N) is 1. The van der Waals surface area contributed by atoms with Gasteiger partial charge in [0.05, 0.1) is 11.1 Å². The third kappa shape index (κ3) is 4.12. The molecule has 0 atom stereocenters. The molecule has 0 aliphatic rings. The lowest BCUT2D eigenvalue weighted by Crippen LogP contribution is -2.10. The number of benzene rings is 2. The van der Waals surface area contributed by atoms with Crippen molar-refractivity contribution in [3.8, 4) is 22.6 Å². The number of hydrogen-bond donors (Lipinski definition) is 1. The van der Waals surface area contributed by atoms with Gasteiger partial charge in [-0.05, 0) is 42.0 Å². The minimum atomic E-state index is -0.324. The summed E-state index contributed by atoms with van der Waals surface area (Å²) in [6.07, 6.45) is 0. The van der Waals surface area contributed by atoms with Gasteiger partial charge in [-0.2, -0.15) is 0 Å². The number of aromatic amines is 1. The summed E-state index contributed by atoms with van der Waals surface area (Å²) in [7, 11) is 0. The van der Waals surface area contributed by atoms with Gasteiger partial charge in [0.15, 0.2) is 0 Å². The molecule has 0 spiro atoms. The molecule has 0 unspecified atom stereocenters. The van der Waals surface area contributed by atoms with Crippen LogP contribution in [0.5, 0.6) is 0 Å². The van der Waals surface area contributed by atoms with E-state index in [1.54, 1.807) is 36.4 Å². The molecule has 2 aromatic carbocycles. The summed E-state index contributed by atoms with van der Waals surface area (Å²) in [5, 5.41) is 11.4. The van der Waals surface area contributed by atoms with E-state index in [1.165, 1.54) is 35.2 Å². The number of aromatic nitrogens is 4. The minimum absolute atomic E-state index is 0.242. The van der Waals surface area contributed by atoms with E-state index in [1.807, 2.05) is 5.38 Å². The van der Waals surface area contributed by atoms with Crippen LogP contribution in [-0.4, -0.2) is 20.2 Å². The van der Waals surface area contributed by atoms with Crippen molar-refractivity contribution in [3.63, 3.8) is 0 Å². The molecular formula is C21H12ClFN4O2S2. The maximum absolute atomic E-state index is 13.2. The van der Waals surface area contributed by atoms with Gasteiger partial charge in [0.1, 0.15) is 16.5 Å². The Morgan fingerprint density at radius 3 is 2.58 bits per heavy atom. The molecule has 154 valence electrons. The lowest BCUT2D eigenvalue weighted by atomic mass is 10.1. The summed E-state index contributed by atoms with van der Waals surface area (Å²) in [5.41, 5.74) is 2.03. The first-order chi connectivity index (χ1) is 15.1. The van der Waals surface area contributed by atoms with Crippen LogP contribution in [0.2, 0.25) is 5.02 Å². The van der Waals surface area contributed by atoms with E-state index >= 15 is 0 Å². The van der Waals surface area contributed by atoms with Crippen molar-refractivity contribution in [2.75, 3.05) is 0 Å². The maximum atomic E-state index is 13.2. The topological polar surface area (TPSA) is 84.7 Å². The highest BCUT2D eigenvalue weighted by molar-refractivity contribution is 7.98. The molecule has 0 saturated carbocycles. The first-order valence-corrected chi connectivity index (χ1v) is 11.3. The Labute approximate surface area is 188 Å². The molecule has 0 aliphatic carbocycles. The summed E-state index contributed by atoms with van der Waals surface area (Å²) < 4.78 is 18.9. The van der Waals surface area contributed by atoms with E-state index in [2.05, 4.69) is 20.2 Å². The van der Waals surface area contributed by atoms with E-state index < -0.39 is 0 Å². The number of thioether (sulfide) groups is 1. The summed E-state index contributed by atoms with van der Waals surface area (Å²) in [6.45, 7) is 0. The second-order valence-corrected chi connectivity index (χ2v) is 8.74. The average Bonchev–Trinajstić information content (AvgIpc) is 3.41. The molecule has 1 N–H and O–H groups in total. The average molecular weight is 471 g/mol. The van der Waals surface area contributed by atoms with Crippen LogP contribution in [-0.2, 0) is 5.75 Å². The van der Waals surface area contributed by atoms with Crippen LogP contribution in [0.4, 0.5) is 4.39 Å². The SMILES string of the molecule is O=c1[nH]c(CSc2nnc(-c3ccc(Cl)cc3)o2)nc2scc(-c3ccc(F)cc3)c12. The molecular weight excluding hydrogens is 459 g/mol. The Kier molecular flexibility index (Phi) is 5.31. The lowest BCUT2D eigenvalue weighted by Gasteiger charge is -2.01. The Hall–Kier alpha value is -3.01. The van der Waals surface area contributed by atoms with Crippen LogP contribution < -0.4 is 5.56 Å². The van der Waals surface area contributed by atoms with Gasteiger partial charge in [-0.3, -0.25) is 4.79 Å². The van der Waals surface area contributed by atoms with E-state index in [-0.39, 0.29) is 11.4 Å². The maximum Gasteiger partial charge on any atom is 0.277 e. The van der Waals surface area contributed by atoms with Crippen LogP contribution in [0, 0.1) is 5.82 Å². The van der Waals surface area contributed by atoms with Crippen LogP contribution in [0.15, 0.2) is 68.3 Å². The number of nitrogens with zero attached hydrogens (tertiary/aromatic N) is 3. The van der Waals surface area contributed by atoms with E-state index in [4.69, 9.17) is 16.0 Å². The fourth-order valence-electron chi connectivity index (χ4n) is 3.01. The molecule has 0 amide bonds. The highest BCUT2D eigenvalue weighted by Gasteiger charge is 2.15. The standard InChI is InChI=1S/C21H12ClFN4O2S2/c22-13-5-1-12(2-6-13)19-26-27-21(29-19)31-10-16-24-18(28)17-15(9-30-20(17)25-16)11-3-7-14(23)8-4-11/h1-9H,10H2,(H,24,25,28). The number of halogens is 2. The van der Waals surface area contributed by atoms with Crippen molar-refractivity contribution < 1.29 is 8.81 Å². The van der Waals surface area contributed by atoms with E-state index in [9.17, 15) is 9.18 Å². The molecule has 5 aromatic rings. The van der Waals surface area contributed by atoms with Crippen molar-refractivity contribution in [1.29, 1.82) is 0 Å². The quantitative estimate of drug-likeness (QED) is 0.327. The third-order valence-corrected chi connectivity index (χ3v) is 6.43. The van der Waals surface area contributed by atoms with Gasteiger partial charge in [0, 0.05) is 21.5 Å². The second kappa shape index (κ2) is 8.26. The summed E-state index contributed by atoms with van der Waals surface area (Å²) in [5.74, 6) is 0.923. The van der Waals surface area contributed by atoms with E-state index in [0.717, 1.165) is 16.7 Å². The zero-order valence-electron chi connectivity index (χ0n) is 15.6. The van der Waals surface area contributed by atoms with Gasteiger partial charge in [0.25, 0.3) is 10.8 Å². The number of thiophene rings is 1. The molecule has 0 saturated heterocycles. The van der Waals surface area contributed by atoms with Crippen molar-refractivity contribution >= 4 is 44.9 Å². The normalized spacial score (nSPS) is 11.3. The highest BCUT2D eigenvalue weighted by Crippen LogP contribution is 2.31. The first-order valence-electron chi connectivity index (χ1n) is 9.05. The molecule has 5 rings (SSSR count). The lowest BCUT2D eigenvalue weighted by molar-refractivity contribution is 0.465. The number of H-pyrrole nitrogens is 1. The van der Waals surface area contributed by atoms with Gasteiger partial charge in [-0.25, -0.2) is 9.37 Å². The monoisotopic (exact) mass is 470 g/mol. The van der Waals surface area contributed by atoms with Crippen molar-refractivity contribution in [2.45, 2.75) is 11.0 Å². The molecule has 0 fully saturated rings. The Morgan fingerprint density at radius 1 is 1.06 bits per heavy atom. The predicted molar refractivity (Wildman–Crippen MR) is 120 cm³/mol. The van der Waals surface area contributed by atoms with Crippen molar-refractivity contribution in [2.24, 2.45) is 0 Å². The first kappa shape index (κ1) is 19.9. The van der Waals surface area contributed by atoms with E-state index in [0.29, 0.717) is 37.9 Å². The van der Waals surface area contributed by atoms with Crippen LogP contribution in [0.1, 0.15) is 5.82 Å². The molecule has 10 heteroatoms. The Balaban J connectivity index is 1.36. The van der Waals surface area contributed by atoms with Gasteiger partial charge >= 0.3 is 0 Å².